The van der Waals surface area contributed by atoms with Crippen LogP contribution in [0, 0.1) is 5.92 Å². The van der Waals surface area contributed by atoms with E-state index < -0.39 is 4.75 Å². The minimum Gasteiger partial charge on any atom is -0.493 e. The maximum absolute atomic E-state index is 14.1. The Bertz CT molecular complexity index is 1290. The molecule has 0 aromatic heterocycles. The van der Waals surface area contributed by atoms with Crippen molar-refractivity contribution in [2.75, 3.05) is 45.8 Å². The zero-order valence-electron chi connectivity index (χ0n) is 23.7. The minimum absolute atomic E-state index is 0.0964. The number of ether oxygens (including phenoxy) is 2. The number of fused-ring (bicyclic) bond motifs is 1. The van der Waals surface area contributed by atoms with Gasteiger partial charge in [0.15, 0.2) is 11.5 Å². The van der Waals surface area contributed by atoms with Crippen LogP contribution in [0.15, 0.2) is 77.7 Å². The number of methoxy groups -OCH3 is 2. The summed E-state index contributed by atoms with van der Waals surface area (Å²) >= 11 is 1.66. The van der Waals surface area contributed by atoms with Gasteiger partial charge in [-0.3, -0.25) is 4.79 Å². The Balaban J connectivity index is 1.26. The number of unbranched alkanes of at least 4 members (excludes halogenated alkanes) is 1. The van der Waals surface area contributed by atoms with Gasteiger partial charge in [-0.15, -0.1) is 11.8 Å². The molecule has 0 radical (unpaired) electrons. The molecule has 3 aromatic carbocycles. The van der Waals surface area contributed by atoms with E-state index in [0.29, 0.717) is 17.4 Å². The molecule has 0 bridgehead atoms. The molecule has 7 heteroatoms. The number of thioether (sulfide) groups is 1. The molecule has 2 aliphatic heterocycles. The molecule has 1 fully saturated rings. The number of aliphatic hydroxyl groups excluding tert-OH is 1. The van der Waals surface area contributed by atoms with Crippen LogP contribution in [0.3, 0.4) is 0 Å². The van der Waals surface area contributed by atoms with Crippen LogP contribution in [-0.2, 0) is 9.54 Å². The van der Waals surface area contributed by atoms with Crippen LogP contribution in [-0.4, -0.2) is 56.8 Å². The average Bonchev–Trinajstić information content (AvgIpc) is 3.01. The highest BCUT2D eigenvalue weighted by Crippen LogP contribution is 2.54. The lowest BCUT2D eigenvalue weighted by molar-refractivity contribution is -0.121. The van der Waals surface area contributed by atoms with Crippen LogP contribution in [0.5, 0.6) is 11.5 Å². The third kappa shape index (κ3) is 5.73. The second-order valence-electron chi connectivity index (χ2n) is 10.8. The number of benzene rings is 3. The molecule has 3 aromatic rings. The molecule has 1 saturated heterocycles. The van der Waals surface area contributed by atoms with Crippen molar-refractivity contribution in [1.29, 1.82) is 0 Å². The fraction of sp³-hybridized carbons (Fsp3) is 0.424. The number of likely N-dealkylation sites (tertiary alicyclic amines) is 1. The van der Waals surface area contributed by atoms with E-state index in [4.69, 9.17) is 9.47 Å². The Hall–Kier alpha value is -3.00. The molecule has 6 nitrogen and oxygen atoms in total. The van der Waals surface area contributed by atoms with Crippen LogP contribution >= 0.6 is 11.8 Å². The van der Waals surface area contributed by atoms with Gasteiger partial charge in [0.05, 0.1) is 26.0 Å². The first-order valence-electron chi connectivity index (χ1n) is 14.2. The average molecular weight is 561 g/mol. The van der Waals surface area contributed by atoms with Crippen LogP contribution in [0.25, 0.3) is 0 Å². The van der Waals surface area contributed by atoms with Gasteiger partial charge in [0.1, 0.15) is 4.75 Å². The van der Waals surface area contributed by atoms with Gasteiger partial charge in [-0.25, -0.2) is 0 Å². The second kappa shape index (κ2) is 12.7. The molecule has 2 unspecified atom stereocenters. The molecule has 0 spiro atoms. The van der Waals surface area contributed by atoms with Crippen molar-refractivity contribution >= 4 is 23.4 Å². The predicted octanol–water partition coefficient (Wildman–Crippen LogP) is 6.28. The standard InChI is InChI=1S/C33H40N2O4S/c1-34-27-13-7-8-14-30(27)40-33(32(34)37,26-15-16-28(38-2)29(23-26)39-3)19-9-10-20-35-21-17-25(18-22-35)31(36)24-11-5-4-6-12-24/h4-8,11-16,23,25,31,36H,9-10,17-22H2,1-3H3. The summed E-state index contributed by atoms with van der Waals surface area (Å²) in [6.45, 7) is 3.00. The zero-order chi connectivity index (χ0) is 28.1. The lowest BCUT2D eigenvalue weighted by Gasteiger charge is -2.41. The first-order chi connectivity index (χ1) is 19.5. The Kier molecular flexibility index (Phi) is 9.03. The van der Waals surface area contributed by atoms with Crippen molar-refractivity contribution in [3.63, 3.8) is 0 Å². The highest BCUT2D eigenvalue weighted by Gasteiger charge is 2.47. The Morgan fingerprint density at radius 1 is 0.950 bits per heavy atom. The number of carbonyl (C=O) groups excluding carboxylic acids is 1. The van der Waals surface area contributed by atoms with Gasteiger partial charge in [-0.05, 0) is 93.0 Å². The third-order valence-corrected chi connectivity index (χ3v) is 10.0. The SMILES string of the molecule is COc1ccc(C2(CCCCN3CCC(C(O)c4ccccc4)CC3)Sc3ccccc3N(C)C2=O)cc1OC. The molecule has 2 atom stereocenters. The van der Waals surface area contributed by atoms with Gasteiger partial charge in [-0.2, -0.15) is 0 Å². The third-order valence-electron chi connectivity index (χ3n) is 8.48. The van der Waals surface area contributed by atoms with Crippen LogP contribution < -0.4 is 14.4 Å². The lowest BCUT2D eigenvalue weighted by Crippen LogP contribution is -2.46. The molecular weight excluding hydrogens is 520 g/mol. The number of amides is 1. The van der Waals surface area contributed by atoms with Crippen molar-refractivity contribution in [3.05, 3.63) is 83.9 Å². The first kappa shape index (κ1) is 28.5. The van der Waals surface area contributed by atoms with Gasteiger partial charge < -0.3 is 24.4 Å². The summed E-state index contributed by atoms with van der Waals surface area (Å²) in [5.41, 5.74) is 2.91. The smallest absolute Gasteiger partial charge is 0.247 e. The summed E-state index contributed by atoms with van der Waals surface area (Å²) in [5, 5.41) is 10.8. The van der Waals surface area contributed by atoms with Crippen LogP contribution in [0.1, 0.15) is 49.3 Å². The molecule has 2 aliphatic rings. The molecule has 0 saturated carbocycles. The highest BCUT2D eigenvalue weighted by atomic mass is 32.2. The van der Waals surface area contributed by atoms with Gasteiger partial charge in [0, 0.05) is 11.9 Å². The van der Waals surface area contributed by atoms with E-state index in [-0.39, 0.29) is 12.0 Å². The maximum Gasteiger partial charge on any atom is 0.247 e. The largest absolute Gasteiger partial charge is 0.493 e. The number of nitrogens with zero attached hydrogens (tertiary/aromatic N) is 2. The molecule has 40 heavy (non-hydrogen) atoms. The molecule has 212 valence electrons. The van der Waals surface area contributed by atoms with Gasteiger partial charge in [-0.1, -0.05) is 48.5 Å². The molecule has 5 rings (SSSR count). The number of likely N-dealkylation sites (N-methyl/N-ethyl adjacent to an activating group) is 1. The predicted molar refractivity (Wildman–Crippen MR) is 161 cm³/mol. The minimum atomic E-state index is -0.741. The van der Waals surface area contributed by atoms with E-state index in [1.54, 1.807) is 26.0 Å². The van der Waals surface area contributed by atoms with Crippen LogP contribution in [0.4, 0.5) is 5.69 Å². The summed E-state index contributed by atoms with van der Waals surface area (Å²) in [6.07, 6.45) is 4.28. The fourth-order valence-corrected chi connectivity index (χ4v) is 7.68. The maximum atomic E-state index is 14.1. The number of carbonyl (C=O) groups is 1. The summed E-state index contributed by atoms with van der Waals surface area (Å²) in [4.78, 5) is 19.5. The summed E-state index contributed by atoms with van der Waals surface area (Å²) in [7, 11) is 5.14. The van der Waals surface area contributed by atoms with E-state index in [9.17, 15) is 9.90 Å². The van der Waals surface area contributed by atoms with Gasteiger partial charge in [0.25, 0.3) is 0 Å². The van der Waals surface area contributed by atoms with E-state index in [1.807, 2.05) is 78.7 Å². The Labute approximate surface area is 242 Å². The molecular formula is C33H40N2O4S. The van der Waals surface area contributed by atoms with E-state index >= 15 is 0 Å². The molecule has 2 heterocycles. The van der Waals surface area contributed by atoms with Crippen molar-refractivity contribution < 1.29 is 19.4 Å². The first-order valence-corrected chi connectivity index (χ1v) is 15.0. The highest BCUT2D eigenvalue weighted by molar-refractivity contribution is 8.01. The normalized spacial score (nSPS) is 20.7. The molecule has 0 aliphatic carbocycles. The topological polar surface area (TPSA) is 62.2 Å². The lowest BCUT2D eigenvalue weighted by atomic mass is 9.87. The summed E-state index contributed by atoms with van der Waals surface area (Å²) in [5.74, 6) is 1.69. The van der Waals surface area contributed by atoms with E-state index in [2.05, 4.69) is 11.0 Å². The Morgan fingerprint density at radius 3 is 2.38 bits per heavy atom. The number of hydrogen-bond acceptors (Lipinski definition) is 6. The summed E-state index contributed by atoms with van der Waals surface area (Å²) < 4.78 is 10.4. The fourth-order valence-electron chi connectivity index (χ4n) is 6.13. The van der Waals surface area contributed by atoms with Crippen molar-refractivity contribution in [1.82, 2.24) is 4.90 Å². The van der Waals surface area contributed by atoms with Crippen molar-refractivity contribution in [3.8, 4) is 11.5 Å². The van der Waals surface area contributed by atoms with E-state index in [0.717, 1.165) is 73.4 Å². The van der Waals surface area contributed by atoms with E-state index in [1.165, 1.54) is 0 Å². The zero-order valence-corrected chi connectivity index (χ0v) is 24.5. The number of hydrogen-bond donors (Lipinski definition) is 1. The monoisotopic (exact) mass is 560 g/mol. The number of piperidine rings is 1. The van der Waals surface area contributed by atoms with Crippen molar-refractivity contribution in [2.45, 2.75) is 47.9 Å². The number of para-hydroxylation sites is 1. The van der Waals surface area contributed by atoms with Gasteiger partial charge in [0.2, 0.25) is 5.91 Å². The molecule has 1 amide bonds. The summed E-state index contributed by atoms with van der Waals surface area (Å²) in [6, 6.07) is 24.0. The van der Waals surface area contributed by atoms with Crippen LogP contribution in [0.2, 0.25) is 0 Å². The number of aliphatic hydroxyl groups is 1. The second-order valence-corrected chi connectivity index (χ2v) is 12.2. The molecule has 1 N–H and O–H groups in total. The Morgan fingerprint density at radius 2 is 1.65 bits per heavy atom. The van der Waals surface area contributed by atoms with Crippen molar-refractivity contribution in [2.24, 2.45) is 5.92 Å². The number of rotatable bonds is 10. The van der Waals surface area contributed by atoms with Gasteiger partial charge >= 0.3 is 0 Å². The number of anilines is 1. The quantitative estimate of drug-likeness (QED) is 0.294.